The second-order valence-electron chi connectivity index (χ2n) is 5.84. The number of rotatable bonds is 4. The van der Waals surface area contributed by atoms with Gasteiger partial charge in [0, 0.05) is 36.9 Å². The van der Waals surface area contributed by atoms with Crippen molar-refractivity contribution in [2.75, 3.05) is 38.2 Å². The van der Waals surface area contributed by atoms with Gasteiger partial charge in [-0.2, -0.15) is 0 Å². The van der Waals surface area contributed by atoms with Crippen LogP contribution in [0.2, 0.25) is 5.02 Å². The summed E-state index contributed by atoms with van der Waals surface area (Å²) >= 11 is 6.09. The highest BCUT2D eigenvalue weighted by atomic mass is 35.5. The molecule has 2 aromatic rings. The minimum atomic E-state index is -0.349. The normalized spacial score (nSPS) is 16.7. The number of piperazine rings is 1. The van der Waals surface area contributed by atoms with Crippen molar-refractivity contribution in [1.29, 1.82) is 0 Å². The molecule has 0 aliphatic carbocycles. The van der Waals surface area contributed by atoms with Crippen LogP contribution in [0.4, 0.5) is 5.69 Å². The number of esters is 1. The van der Waals surface area contributed by atoms with Crippen molar-refractivity contribution in [1.82, 2.24) is 4.90 Å². The molecule has 126 valence electrons. The summed E-state index contributed by atoms with van der Waals surface area (Å²) in [5, 5.41) is 0.742. The lowest BCUT2D eigenvalue weighted by Gasteiger charge is -2.39. The van der Waals surface area contributed by atoms with Gasteiger partial charge in [-0.1, -0.05) is 48.0 Å². The zero-order chi connectivity index (χ0) is 16.9. The topological polar surface area (TPSA) is 32.8 Å². The molecule has 0 radical (unpaired) electrons. The minimum Gasteiger partial charge on any atom is -0.468 e. The Hall–Kier alpha value is -2.04. The van der Waals surface area contributed by atoms with Gasteiger partial charge in [0.05, 0.1) is 7.11 Å². The average Bonchev–Trinajstić information content (AvgIpc) is 2.63. The number of hydrogen-bond donors (Lipinski definition) is 0. The van der Waals surface area contributed by atoms with Crippen molar-refractivity contribution in [2.24, 2.45) is 0 Å². The van der Waals surface area contributed by atoms with Crippen LogP contribution in [-0.2, 0) is 9.53 Å². The largest absolute Gasteiger partial charge is 0.468 e. The fourth-order valence-corrected chi connectivity index (χ4v) is 3.34. The van der Waals surface area contributed by atoms with Crippen LogP contribution in [0.1, 0.15) is 11.6 Å². The third kappa shape index (κ3) is 3.71. The molecule has 0 amide bonds. The second kappa shape index (κ2) is 7.69. The molecule has 24 heavy (non-hydrogen) atoms. The molecule has 1 saturated heterocycles. The third-order valence-corrected chi connectivity index (χ3v) is 4.63. The van der Waals surface area contributed by atoms with Crippen LogP contribution in [0.5, 0.6) is 0 Å². The Balaban J connectivity index is 1.73. The van der Waals surface area contributed by atoms with Crippen LogP contribution >= 0.6 is 11.6 Å². The highest BCUT2D eigenvalue weighted by Crippen LogP contribution is 2.26. The van der Waals surface area contributed by atoms with E-state index >= 15 is 0 Å². The molecule has 1 heterocycles. The quantitative estimate of drug-likeness (QED) is 0.796. The van der Waals surface area contributed by atoms with E-state index in [9.17, 15) is 4.79 Å². The maximum Gasteiger partial charge on any atom is 0.327 e. The molecule has 1 atom stereocenters. The fourth-order valence-electron chi connectivity index (χ4n) is 3.15. The van der Waals surface area contributed by atoms with Crippen LogP contribution in [0, 0.1) is 0 Å². The monoisotopic (exact) mass is 344 g/mol. The highest BCUT2D eigenvalue weighted by molar-refractivity contribution is 6.30. The summed E-state index contributed by atoms with van der Waals surface area (Å²) in [7, 11) is 1.44. The molecule has 0 saturated carbocycles. The predicted molar refractivity (Wildman–Crippen MR) is 96.4 cm³/mol. The van der Waals surface area contributed by atoms with Crippen molar-refractivity contribution in [3.63, 3.8) is 0 Å². The maximum atomic E-state index is 12.3. The molecular formula is C19H21ClN2O2. The molecule has 0 spiro atoms. The molecule has 4 nitrogen and oxygen atoms in total. The Labute approximate surface area is 147 Å². The fraction of sp³-hybridized carbons (Fsp3) is 0.316. The van der Waals surface area contributed by atoms with E-state index in [-0.39, 0.29) is 12.0 Å². The van der Waals surface area contributed by atoms with Gasteiger partial charge in [-0.05, 0) is 23.8 Å². The highest BCUT2D eigenvalue weighted by Gasteiger charge is 2.31. The van der Waals surface area contributed by atoms with Crippen LogP contribution in [0.15, 0.2) is 54.6 Å². The second-order valence-corrected chi connectivity index (χ2v) is 6.28. The van der Waals surface area contributed by atoms with E-state index in [2.05, 4.69) is 15.9 Å². The molecule has 1 aliphatic rings. The summed E-state index contributed by atoms with van der Waals surface area (Å²) in [6, 6.07) is 17.3. The summed E-state index contributed by atoms with van der Waals surface area (Å²) in [5.41, 5.74) is 2.09. The van der Waals surface area contributed by atoms with E-state index in [1.165, 1.54) is 7.11 Å². The Kier molecular flexibility index (Phi) is 5.38. The first-order chi connectivity index (χ1) is 11.7. The van der Waals surface area contributed by atoms with Crippen LogP contribution in [-0.4, -0.2) is 44.2 Å². The maximum absolute atomic E-state index is 12.3. The van der Waals surface area contributed by atoms with Crippen molar-refractivity contribution in [3.8, 4) is 0 Å². The number of nitrogens with zero attached hydrogens (tertiary/aromatic N) is 2. The van der Waals surface area contributed by atoms with Crippen molar-refractivity contribution < 1.29 is 9.53 Å². The molecule has 1 aliphatic heterocycles. The average molecular weight is 345 g/mol. The van der Waals surface area contributed by atoms with E-state index in [0.717, 1.165) is 42.5 Å². The Bertz CT molecular complexity index is 685. The van der Waals surface area contributed by atoms with E-state index < -0.39 is 0 Å². The number of carbonyl (C=O) groups excluding carboxylic acids is 1. The summed E-state index contributed by atoms with van der Waals surface area (Å²) in [5.74, 6) is -0.211. The zero-order valence-corrected chi connectivity index (χ0v) is 14.4. The molecular weight excluding hydrogens is 324 g/mol. The number of anilines is 1. The van der Waals surface area contributed by atoms with Crippen molar-refractivity contribution in [2.45, 2.75) is 6.04 Å². The van der Waals surface area contributed by atoms with Gasteiger partial charge in [0.25, 0.3) is 0 Å². The number of methoxy groups -OCH3 is 1. The van der Waals surface area contributed by atoms with Crippen molar-refractivity contribution in [3.05, 3.63) is 65.2 Å². The molecule has 0 N–H and O–H groups in total. The molecule has 2 aromatic carbocycles. The standard InChI is InChI=1S/C19H21ClN2O2/c1-24-19(23)18(15-6-3-2-4-7-15)22-12-10-21(11-13-22)17-9-5-8-16(20)14-17/h2-9,14,18H,10-13H2,1H3/t18-/m0/s1. The lowest BCUT2D eigenvalue weighted by atomic mass is 10.0. The Morgan fingerprint density at radius 3 is 2.38 bits per heavy atom. The Morgan fingerprint density at radius 1 is 1.04 bits per heavy atom. The minimum absolute atomic E-state index is 0.211. The van der Waals surface area contributed by atoms with Gasteiger partial charge in [0.15, 0.2) is 0 Å². The SMILES string of the molecule is COC(=O)[C@H](c1ccccc1)N1CCN(c2cccc(Cl)c2)CC1. The van der Waals surface area contributed by atoms with E-state index in [1.54, 1.807) is 0 Å². The Morgan fingerprint density at radius 2 is 1.75 bits per heavy atom. The number of benzene rings is 2. The summed E-state index contributed by atoms with van der Waals surface area (Å²) in [6.07, 6.45) is 0. The zero-order valence-electron chi connectivity index (χ0n) is 13.7. The third-order valence-electron chi connectivity index (χ3n) is 4.39. The number of carbonyl (C=O) groups is 1. The summed E-state index contributed by atoms with van der Waals surface area (Å²) in [4.78, 5) is 16.8. The number of hydrogen-bond acceptors (Lipinski definition) is 4. The molecule has 5 heteroatoms. The molecule has 0 unspecified atom stereocenters. The van der Waals surface area contributed by atoms with Gasteiger partial charge in [-0.15, -0.1) is 0 Å². The lowest BCUT2D eigenvalue weighted by Crippen LogP contribution is -2.49. The molecule has 3 rings (SSSR count). The van der Waals surface area contributed by atoms with E-state index in [0.29, 0.717) is 0 Å². The predicted octanol–water partition coefficient (Wildman–Crippen LogP) is 3.38. The van der Waals surface area contributed by atoms with Crippen LogP contribution < -0.4 is 4.90 Å². The summed E-state index contributed by atoms with van der Waals surface area (Å²) in [6.45, 7) is 3.28. The lowest BCUT2D eigenvalue weighted by molar-refractivity contribution is -0.147. The first kappa shape index (κ1) is 16.8. The van der Waals surface area contributed by atoms with Gasteiger partial charge >= 0.3 is 5.97 Å². The number of ether oxygens (including phenoxy) is 1. The van der Waals surface area contributed by atoms with Crippen LogP contribution in [0.3, 0.4) is 0 Å². The van der Waals surface area contributed by atoms with E-state index in [1.807, 2.05) is 48.5 Å². The molecule has 1 fully saturated rings. The summed E-state index contributed by atoms with van der Waals surface area (Å²) < 4.78 is 5.04. The van der Waals surface area contributed by atoms with Gasteiger partial charge in [-0.3, -0.25) is 4.90 Å². The van der Waals surface area contributed by atoms with Gasteiger partial charge < -0.3 is 9.64 Å². The van der Waals surface area contributed by atoms with Crippen molar-refractivity contribution >= 4 is 23.3 Å². The van der Waals surface area contributed by atoms with E-state index in [4.69, 9.17) is 16.3 Å². The van der Waals surface area contributed by atoms with Gasteiger partial charge in [0.2, 0.25) is 0 Å². The number of halogens is 1. The molecule has 0 bridgehead atoms. The van der Waals surface area contributed by atoms with Gasteiger partial charge in [-0.25, -0.2) is 4.79 Å². The molecule has 0 aromatic heterocycles. The first-order valence-corrected chi connectivity index (χ1v) is 8.44. The smallest absolute Gasteiger partial charge is 0.327 e. The first-order valence-electron chi connectivity index (χ1n) is 8.06. The van der Waals surface area contributed by atoms with Gasteiger partial charge in [0.1, 0.15) is 6.04 Å². The van der Waals surface area contributed by atoms with Crippen LogP contribution in [0.25, 0.3) is 0 Å².